The second kappa shape index (κ2) is 2.84. The van der Waals surface area contributed by atoms with E-state index in [9.17, 15) is 0 Å². The Bertz CT molecular complexity index is 116. The van der Waals surface area contributed by atoms with Crippen LogP contribution in [0.4, 0.5) is 0 Å². The number of hydrogen-bond donors (Lipinski definition) is 3. The summed E-state index contributed by atoms with van der Waals surface area (Å²) in [7, 11) is 0. The fraction of sp³-hybridized carbons (Fsp3) is 1.00. The Morgan fingerprint density at radius 1 is 1.30 bits per heavy atom. The van der Waals surface area contributed by atoms with Crippen molar-refractivity contribution in [1.29, 1.82) is 0 Å². The molecule has 1 rings (SSSR count). The van der Waals surface area contributed by atoms with Gasteiger partial charge in [0.25, 0.3) is 0 Å². The van der Waals surface area contributed by atoms with Gasteiger partial charge in [0.2, 0.25) is 0 Å². The molecule has 1 fully saturated rings. The van der Waals surface area contributed by atoms with E-state index in [4.69, 9.17) is 20.1 Å². The molecule has 0 bridgehead atoms. The molecule has 0 aromatic carbocycles. The van der Waals surface area contributed by atoms with Crippen molar-refractivity contribution in [2.24, 2.45) is 0 Å². The lowest BCUT2D eigenvalue weighted by Crippen LogP contribution is -2.33. The van der Waals surface area contributed by atoms with E-state index in [1.807, 2.05) is 0 Å². The van der Waals surface area contributed by atoms with Crippen LogP contribution in [0.15, 0.2) is 0 Å². The molecule has 0 aliphatic carbocycles. The van der Waals surface area contributed by atoms with Gasteiger partial charge >= 0.3 is 0 Å². The summed E-state index contributed by atoms with van der Waals surface area (Å²) in [4.78, 5) is 0. The van der Waals surface area contributed by atoms with Crippen LogP contribution < -0.4 is 0 Å². The molecule has 4 nitrogen and oxygen atoms in total. The van der Waals surface area contributed by atoms with Gasteiger partial charge in [0, 0.05) is 0 Å². The Labute approximate surface area is 59.1 Å². The molecule has 2 unspecified atom stereocenters. The monoisotopic (exact) mass is 148 g/mol. The zero-order valence-corrected chi connectivity index (χ0v) is 5.77. The van der Waals surface area contributed by atoms with Crippen LogP contribution in [0, 0.1) is 0 Å². The summed E-state index contributed by atoms with van der Waals surface area (Å²) >= 11 is 0. The van der Waals surface area contributed by atoms with Crippen molar-refractivity contribution in [3.8, 4) is 0 Å². The highest BCUT2D eigenvalue weighted by Crippen LogP contribution is 2.19. The maximum atomic E-state index is 9.09. The van der Waals surface area contributed by atoms with E-state index in [-0.39, 0.29) is 12.7 Å². The van der Waals surface area contributed by atoms with Crippen molar-refractivity contribution in [3.63, 3.8) is 0 Å². The predicted octanol–water partition coefficient (Wildman–Crippen LogP) is -1.51. The minimum Gasteiger partial charge on any atom is -0.394 e. The van der Waals surface area contributed by atoms with Crippen LogP contribution >= 0.6 is 0 Å². The first-order valence-corrected chi connectivity index (χ1v) is 3.29. The van der Waals surface area contributed by atoms with E-state index < -0.39 is 18.3 Å². The average molecular weight is 148 g/mol. The summed E-state index contributed by atoms with van der Waals surface area (Å²) < 4.78 is 4.98. The quantitative estimate of drug-likeness (QED) is 0.422. The van der Waals surface area contributed by atoms with Crippen molar-refractivity contribution in [2.45, 2.75) is 31.3 Å². The van der Waals surface area contributed by atoms with E-state index in [0.717, 1.165) is 0 Å². The van der Waals surface area contributed by atoms with Gasteiger partial charge < -0.3 is 20.1 Å². The largest absolute Gasteiger partial charge is 0.394 e. The van der Waals surface area contributed by atoms with Gasteiger partial charge in [-0.05, 0) is 6.92 Å². The number of rotatable bonds is 1. The molecule has 1 saturated heterocycles. The summed E-state index contributed by atoms with van der Waals surface area (Å²) in [5, 5.41) is 26.8. The third-order valence-corrected chi connectivity index (χ3v) is 1.78. The Morgan fingerprint density at radius 3 is 2.10 bits per heavy atom. The SMILES string of the molecule is CC1O[C@H](CO)C(O)[C@@H]1O. The molecule has 4 atom stereocenters. The van der Waals surface area contributed by atoms with Gasteiger partial charge in [-0.15, -0.1) is 0 Å². The van der Waals surface area contributed by atoms with Crippen LogP contribution in [0.2, 0.25) is 0 Å². The maximum absolute atomic E-state index is 9.09. The Hall–Kier alpha value is -0.160. The molecule has 0 amide bonds. The molecule has 4 heteroatoms. The highest BCUT2D eigenvalue weighted by molar-refractivity contribution is 4.87. The Balaban J connectivity index is 2.53. The van der Waals surface area contributed by atoms with Crippen LogP contribution in [0.1, 0.15) is 6.92 Å². The molecule has 1 aliphatic heterocycles. The normalized spacial score (nSPS) is 48.0. The lowest BCUT2D eigenvalue weighted by atomic mass is 10.1. The first-order chi connectivity index (χ1) is 4.66. The summed E-state index contributed by atoms with van der Waals surface area (Å²) in [6, 6.07) is 0. The van der Waals surface area contributed by atoms with Crippen LogP contribution in [0.5, 0.6) is 0 Å². The predicted molar refractivity (Wildman–Crippen MR) is 33.4 cm³/mol. The molecule has 60 valence electrons. The molecule has 3 N–H and O–H groups in total. The van der Waals surface area contributed by atoms with E-state index in [1.165, 1.54) is 0 Å². The fourth-order valence-electron chi connectivity index (χ4n) is 1.09. The van der Waals surface area contributed by atoms with Gasteiger partial charge in [-0.25, -0.2) is 0 Å². The number of ether oxygens (including phenoxy) is 1. The highest BCUT2D eigenvalue weighted by Gasteiger charge is 2.39. The fourth-order valence-corrected chi connectivity index (χ4v) is 1.09. The van der Waals surface area contributed by atoms with Gasteiger partial charge in [-0.2, -0.15) is 0 Å². The molecule has 0 aromatic rings. The van der Waals surface area contributed by atoms with E-state index in [0.29, 0.717) is 0 Å². The third-order valence-electron chi connectivity index (χ3n) is 1.78. The molecule has 0 saturated carbocycles. The van der Waals surface area contributed by atoms with Gasteiger partial charge in [-0.3, -0.25) is 0 Å². The van der Waals surface area contributed by atoms with Crippen molar-refractivity contribution >= 4 is 0 Å². The Morgan fingerprint density at radius 2 is 1.90 bits per heavy atom. The molecule has 1 heterocycles. The van der Waals surface area contributed by atoms with Crippen molar-refractivity contribution in [3.05, 3.63) is 0 Å². The highest BCUT2D eigenvalue weighted by atomic mass is 16.5. The molecule has 0 aromatic heterocycles. The second-order valence-corrected chi connectivity index (χ2v) is 2.54. The van der Waals surface area contributed by atoms with E-state index in [2.05, 4.69) is 0 Å². The van der Waals surface area contributed by atoms with Crippen molar-refractivity contribution in [2.75, 3.05) is 6.61 Å². The van der Waals surface area contributed by atoms with E-state index >= 15 is 0 Å². The standard InChI is InChI=1S/C6H12O4/c1-3-5(8)6(9)4(2-7)10-3/h3-9H,2H2,1H3/t3?,4-,5-,6?/m1/s1. The molecule has 1 aliphatic rings. The molecule has 10 heavy (non-hydrogen) atoms. The van der Waals surface area contributed by atoms with Crippen molar-refractivity contribution in [1.82, 2.24) is 0 Å². The molecule has 0 radical (unpaired) electrons. The number of hydrogen-bond acceptors (Lipinski definition) is 4. The number of aliphatic hydroxyl groups is 3. The Kier molecular flexibility index (Phi) is 2.25. The summed E-state index contributed by atoms with van der Waals surface area (Å²) in [5.74, 6) is 0. The topological polar surface area (TPSA) is 69.9 Å². The summed E-state index contributed by atoms with van der Waals surface area (Å²) in [6.07, 6.45) is -2.81. The van der Waals surface area contributed by atoms with Gasteiger partial charge in [-0.1, -0.05) is 0 Å². The summed E-state index contributed by atoms with van der Waals surface area (Å²) in [5.41, 5.74) is 0. The lowest BCUT2D eigenvalue weighted by molar-refractivity contribution is -0.0171. The lowest BCUT2D eigenvalue weighted by Gasteiger charge is -2.10. The number of aliphatic hydroxyl groups excluding tert-OH is 3. The maximum Gasteiger partial charge on any atom is 0.111 e. The zero-order valence-electron chi connectivity index (χ0n) is 5.77. The molecule has 0 spiro atoms. The van der Waals surface area contributed by atoms with Gasteiger partial charge in [0.05, 0.1) is 12.7 Å². The van der Waals surface area contributed by atoms with E-state index in [1.54, 1.807) is 6.92 Å². The zero-order chi connectivity index (χ0) is 7.72. The molecular weight excluding hydrogens is 136 g/mol. The third kappa shape index (κ3) is 1.15. The minimum atomic E-state index is -0.944. The minimum absolute atomic E-state index is 0.247. The van der Waals surface area contributed by atoms with Crippen LogP contribution in [0.3, 0.4) is 0 Å². The first kappa shape index (κ1) is 7.94. The summed E-state index contributed by atoms with van der Waals surface area (Å²) in [6.45, 7) is 1.41. The van der Waals surface area contributed by atoms with Crippen molar-refractivity contribution < 1.29 is 20.1 Å². The second-order valence-electron chi connectivity index (χ2n) is 2.54. The van der Waals surface area contributed by atoms with Crippen LogP contribution in [-0.2, 0) is 4.74 Å². The molecular formula is C6H12O4. The van der Waals surface area contributed by atoms with Gasteiger partial charge in [0.15, 0.2) is 0 Å². The van der Waals surface area contributed by atoms with Gasteiger partial charge in [0.1, 0.15) is 18.3 Å². The average Bonchev–Trinajstić information content (AvgIpc) is 2.17. The first-order valence-electron chi connectivity index (χ1n) is 3.29. The van der Waals surface area contributed by atoms with Crippen LogP contribution in [0.25, 0.3) is 0 Å². The van der Waals surface area contributed by atoms with Crippen LogP contribution in [-0.4, -0.2) is 46.3 Å². The smallest absolute Gasteiger partial charge is 0.111 e.